The molecule has 2 heterocycles. The van der Waals surface area contributed by atoms with Crippen LogP contribution in [0.3, 0.4) is 0 Å². The van der Waals surface area contributed by atoms with E-state index in [1.54, 1.807) is 7.11 Å². The van der Waals surface area contributed by atoms with Crippen LogP contribution in [-0.2, 0) is 6.42 Å². The van der Waals surface area contributed by atoms with E-state index in [4.69, 9.17) is 9.84 Å². The summed E-state index contributed by atoms with van der Waals surface area (Å²) in [6, 6.07) is 12.4. The Morgan fingerprint density at radius 2 is 2.04 bits per heavy atom. The molecule has 136 valence electrons. The van der Waals surface area contributed by atoms with Crippen LogP contribution in [0, 0.1) is 6.92 Å². The number of benzene rings is 1. The number of pyridine rings is 1. The first-order valence-electron chi connectivity index (χ1n) is 8.82. The van der Waals surface area contributed by atoms with Gasteiger partial charge in [-0.2, -0.15) is 0 Å². The van der Waals surface area contributed by atoms with Crippen molar-refractivity contribution in [3.8, 4) is 5.88 Å². The van der Waals surface area contributed by atoms with Crippen molar-refractivity contribution in [2.45, 2.75) is 26.2 Å². The average molecular weight is 352 g/mol. The minimum atomic E-state index is -0.825. The molecular formula is C21H24N2O3. The third-order valence-electron chi connectivity index (χ3n) is 4.77. The van der Waals surface area contributed by atoms with Gasteiger partial charge in [0, 0.05) is 24.8 Å². The molecule has 1 N–H and O–H groups in total. The Bertz CT molecular complexity index is 820. The molecule has 1 fully saturated rings. The van der Waals surface area contributed by atoms with Crippen LogP contribution < -0.4 is 4.74 Å². The van der Waals surface area contributed by atoms with Gasteiger partial charge in [0.15, 0.2) is 0 Å². The number of hydrogen-bond acceptors (Lipinski definition) is 3. The highest BCUT2D eigenvalue weighted by Crippen LogP contribution is 2.21. The summed E-state index contributed by atoms with van der Waals surface area (Å²) in [4.78, 5) is 16.9. The second-order valence-electron chi connectivity index (χ2n) is 6.59. The van der Waals surface area contributed by atoms with Crippen LogP contribution in [0.1, 0.15) is 35.2 Å². The van der Waals surface area contributed by atoms with Crippen molar-refractivity contribution in [1.82, 2.24) is 9.88 Å². The zero-order chi connectivity index (χ0) is 18.5. The zero-order valence-electron chi connectivity index (χ0n) is 15.2. The number of rotatable bonds is 4. The van der Waals surface area contributed by atoms with Gasteiger partial charge in [0.25, 0.3) is 0 Å². The van der Waals surface area contributed by atoms with Crippen molar-refractivity contribution in [1.29, 1.82) is 0 Å². The highest BCUT2D eigenvalue weighted by molar-refractivity contribution is 5.65. The van der Waals surface area contributed by atoms with E-state index in [2.05, 4.69) is 41.4 Å². The molecule has 0 aliphatic carbocycles. The van der Waals surface area contributed by atoms with Crippen LogP contribution in [0.25, 0.3) is 6.08 Å². The maximum Gasteiger partial charge on any atom is 0.407 e. The van der Waals surface area contributed by atoms with Gasteiger partial charge in [-0.25, -0.2) is 9.78 Å². The SMILES string of the molecule is COc1ccc(Cc2cccc(C=C3CCN(C(=O)O)CC3)c2)c(C)n1. The molecule has 0 unspecified atom stereocenters. The maximum absolute atomic E-state index is 11.0. The van der Waals surface area contributed by atoms with Crippen molar-refractivity contribution in [2.24, 2.45) is 0 Å². The molecular weight excluding hydrogens is 328 g/mol. The summed E-state index contributed by atoms with van der Waals surface area (Å²) in [7, 11) is 1.62. The zero-order valence-corrected chi connectivity index (χ0v) is 15.2. The lowest BCUT2D eigenvalue weighted by molar-refractivity contribution is 0.142. The number of piperidine rings is 1. The van der Waals surface area contributed by atoms with E-state index in [0.717, 1.165) is 25.0 Å². The van der Waals surface area contributed by atoms with E-state index in [0.29, 0.717) is 19.0 Å². The molecule has 1 aromatic heterocycles. The first-order chi connectivity index (χ1) is 12.5. The Morgan fingerprint density at radius 1 is 1.27 bits per heavy atom. The van der Waals surface area contributed by atoms with Crippen LogP contribution in [0.15, 0.2) is 42.0 Å². The summed E-state index contributed by atoms with van der Waals surface area (Å²) in [5.74, 6) is 0.637. The van der Waals surface area contributed by atoms with Crippen molar-refractivity contribution < 1.29 is 14.6 Å². The van der Waals surface area contributed by atoms with E-state index in [1.165, 1.54) is 27.2 Å². The summed E-state index contributed by atoms with van der Waals surface area (Å²) in [5, 5.41) is 9.04. The molecule has 1 aliphatic heterocycles. The minimum Gasteiger partial charge on any atom is -0.481 e. The molecule has 0 bridgehead atoms. The lowest BCUT2D eigenvalue weighted by Gasteiger charge is -2.25. The lowest BCUT2D eigenvalue weighted by atomic mass is 9.98. The number of aryl methyl sites for hydroxylation is 1. The summed E-state index contributed by atoms with van der Waals surface area (Å²) in [6.07, 6.45) is 3.80. The molecule has 3 rings (SSSR count). The number of likely N-dealkylation sites (tertiary alicyclic amines) is 1. The maximum atomic E-state index is 11.0. The smallest absolute Gasteiger partial charge is 0.407 e. The van der Waals surface area contributed by atoms with E-state index in [1.807, 2.05) is 13.0 Å². The molecule has 5 nitrogen and oxygen atoms in total. The Labute approximate surface area is 153 Å². The van der Waals surface area contributed by atoms with Gasteiger partial charge in [-0.3, -0.25) is 0 Å². The third kappa shape index (κ3) is 4.42. The fourth-order valence-corrected chi connectivity index (χ4v) is 3.25. The Hall–Kier alpha value is -2.82. The monoisotopic (exact) mass is 352 g/mol. The first kappa shape index (κ1) is 18.0. The number of amides is 1. The standard InChI is InChI=1S/C21H24N2O3/c1-15-19(6-7-20(22-15)26-2)14-18-5-3-4-17(13-18)12-16-8-10-23(11-9-16)21(24)25/h3-7,12-13H,8-11,14H2,1-2H3,(H,24,25). The van der Waals surface area contributed by atoms with Crippen LogP contribution in [0.4, 0.5) is 4.79 Å². The van der Waals surface area contributed by atoms with Gasteiger partial charge in [0.1, 0.15) is 0 Å². The molecule has 5 heteroatoms. The minimum absolute atomic E-state index is 0.581. The summed E-state index contributed by atoms with van der Waals surface area (Å²) in [5.41, 5.74) is 5.87. The molecule has 26 heavy (non-hydrogen) atoms. The number of methoxy groups -OCH3 is 1. The molecule has 0 spiro atoms. The van der Waals surface area contributed by atoms with Gasteiger partial charge in [-0.05, 0) is 42.9 Å². The fraction of sp³-hybridized carbons (Fsp3) is 0.333. The Morgan fingerprint density at radius 3 is 2.69 bits per heavy atom. The Balaban J connectivity index is 1.71. The summed E-state index contributed by atoms with van der Waals surface area (Å²) in [6.45, 7) is 3.16. The van der Waals surface area contributed by atoms with E-state index >= 15 is 0 Å². The first-order valence-corrected chi connectivity index (χ1v) is 8.82. The van der Waals surface area contributed by atoms with E-state index < -0.39 is 6.09 Å². The van der Waals surface area contributed by atoms with Crippen LogP contribution in [0.2, 0.25) is 0 Å². The number of carboxylic acid groups (broad SMARTS) is 1. The summed E-state index contributed by atoms with van der Waals surface area (Å²) >= 11 is 0. The van der Waals surface area contributed by atoms with Crippen molar-refractivity contribution >= 4 is 12.2 Å². The third-order valence-corrected chi connectivity index (χ3v) is 4.77. The van der Waals surface area contributed by atoms with Gasteiger partial charge in [-0.15, -0.1) is 0 Å². The van der Waals surface area contributed by atoms with E-state index in [-0.39, 0.29) is 0 Å². The highest BCUT2D eigenvalue weighted by Gasteiger charge is 2.17. The average Bonchev–Trinajstić information content (AvgIpc) is 2.64. The summed E-state index contributed by atoms with van der Waals surface area (Å²) < 4.78 is 5.17. The number of nitrogens with zero attached hydrogens (tertiary/aromatic N) is 2. The molecule has 1 aliphatic rings. The van der Waals surface area contributed by atoms with Crippen molar-refractivity contribution in [3.63, 3.8) is 0 Å². The van der Waals surface area contributed by atoms with Crippen LogP contribution >= 0.6 is 0 Å². The predicted molar refractivity (Wildman–Crippen MR) is 102 cm³/mol. The molecule has 0 radical (unpaired) electrons. The predicted octanol–water partition coefficient (Wildman–Crippen LogP) is 4.15. The number of aromatic nitrogens is 1. The number of hydrogen-bond donors (Lipinski definition) is 1. The molecule has 1 amide bonds. The van der Waals surface area contributed by atoms with Crippen LogP contribution in [-0.4, -0.2) is 41.3 Å². The number of ether oxygens (including phenoxy) is 1. The lowest BCUT2D eigenvalue weighted by Crippen LogP contribution is -2.35. The highest BCUT2D eigenvalue weighted by atomic mass is 16.5. The van der Waals surface area contributed by atoms with Gasteiger partial charge < -0.3 is 14.7 Å². The molecule has 1 aromatic carbocycles. The van der Waals surface area contributed by atoms with Gasteiger partial charge in [-0.1, -0.05) is 42.0 Å². The normalized spacial score (nSPS) is 14.2. The molecule has 2 aromatic rings. The Kier molecular flexibility index (Phi) is 5.56. The topological polar surface area (TPSA) is 62.7 Å². The van der Waals surface area contributed by atoms with Gasteiger partial charge in [0.05, 0.1) is 7.11 Å². The second kappa shape index (κ2) is 8.04. The fourth-order valence-electron chi connectivity index (χ4n) is 3.25. The van der Waals surface area contributed by atoms with Crippen LogP contribution in [0.5, 0.6) is 5.88 Å². The molecule has 1 saturated heterocycles. The number of carbonyl (C=O) groups is 1. The van der Waals surface area contributed by atoms with Crippen molar-refractivity contribution in [2.75, 3.05) is 20.2 Å². The second-order valence-corrected chi connectivity index (χ2v) is 6.59. The van der Waals surface area contributed by atoms with E-state index in [9.17, 15) is 4.79 Å². The van der Waals surface area contributed by atoms with Crippen molar-refractivity contribution in [3.05, 3.63) is 64.4 Å². The molecule has 0 atom stereocenters. The quantitative estimate of drug-likeness (QED) is 0.898. The molecule has 0 saturated carbocycles. The largest absolute Gasteiger partial charge is 0.481 e. The van der Waals surface area contributed by atoms with Gasteiger partial charge in [0.2, 0.25) is 5.88 Å². The van der Waals surface area contributed by atoms with Gasteiger partial charge >= 0.3 is 6.09 Å².